The third-order valence-electron chi connectivity index (χ3n) is 0.480. The highest BCUT2D eigenvalue weighted by Gasteiger charge is 2.21. The molecule has 0 aliphatic heterocycles. The van der Waals surface area contributed by atoms with Crippen LogP contribution in [0.25, 0.3) is 0 Å². The van der Waals surface area contributed by atoms with Gasteiger partial charge >= 0.3 is 8.72 Å². The minimum atomic E-state index is -3.41. The van der Waals surface area contributed by atoms with Crippen molar-refractivity contribution in [2.75, 3.05) is 6.61 Å². The van der Waals surface area contributed by atoms with Crippen LogP contribution in [0.4, 0.5) is 0 Å². The molecule has 7 heavy (non-hydrogen) atoms. The molecule has 0 aromatic rings. The second-order valence-corrected chi connectivity index (χ2v) is 3.61. The molecule has 0 rings (SSSR count). The van der Waals surface area contributed by atoms with E-state index >= 15 is 0 Å². The van der Waals surface area contributed by atoms with Gasteiger partial charge in [0.05, 0.1) is 0 Å². The molecular weight excluding hydrogens is 114 g/mol. The molecule has 0 spiro atoms. The van der Waals surface area contributed by atoms with Crippen molar-refractivity contribution in [2.24, 2.45) is 5.40 Å². The highest BCUT2D eigenvalue weighted by Crippen LogP contribution is 1.87. The molecule has 4 nitrogen and oxygen atoms in total. The van der Waals surface area contributed by atoms with Crippen molar-refractivity contribution >= 4 is 8.72 Å². The van der Waals surface area contributed by atoms with Crippen LogP contribution in [0.3, 0.4) is 0 Å². The zero-order valence-corrected chi connectivity index (χ0v) is 4.83. The van der Waals surface area contributed by atoms with Gasteiger partial charge in [0.25, 0.3) is 0 Å². The van der Waals surface area contributed by atoms with Gasteiger partial charge < -0.3 is 20.1 Å². The quantitative estimate of drug-likeness (QED) is 0.316. The van der Waals surface area contributed by atoms with Crippen LogP contribution in [-0.4, -0.2) is 30.0 Å². The maximum Gasteiger partial charge on any atom is 0.419 e. The summed E-state index contributed by atoms with van der Waals surface area (Å²) in [6, 6.07) is -0.0764. The molecule has 0 aromatic heterocycles. The van der Waals surface area contributed by atoms with Crippen molar-refractivity contribution in [1.82, 2.24) is 0 Å². The lowest BCUT2D eigenvalue weighted by Crippen LogP contribution is -2.46. The highest BCUT2D eigenvalue weighted by atomic mass is 28.4. The molecule has 0 aliphatic rings. The van der Waals surface area contributed by atoms with Crippen LogP contribution < -0.4 is 5.40 Å². The van der Waals surface area contributed by atoms with E-state index in [0.717, 1.165) is 0 Å². The molecule has 0 amide bonds. The number of rotatable bonds is 2. The SMILES string of the molecule is N[Si](O)(O)CCO. The van der Waals surface area contributed by atoms with Gasteiger partial charge in [-0.2, -0.15) is 0 Å². The van der Waals surface area contributed by atoms with E-state index in [0.29, 0.717) is 0 Å². The van der Waals surface area contributed by atoms with Crippen LogP contribution in [0.15, 0.2) is 0 Å². The fourth-order valence-corrected chi connectivity index (χ4v) is 0.494. The molecule has 0 fully saturated rings. The van der Waals surface area contributed by atoms with E-state index in [2.05, 4.69) is 0 Å². The highest BCUT2D eigenvalue weighted by molar-refractivity contribution is 6.61. The Bertz CT molecular complexity index is 51.4. The average molecular weight is 123 g/mol. The van der Waals surface area contributed by atoms with Gasteiger partial charge in [0.2, 0.25) is 0 Å². The van der Waals surface area contributed by atoms with E-state index in [-0.39, 0.29) is 12.7 Å². The topological polar surface area (TPSA) is 86.7 Å². The van der Waals surface area contributed by atoms with Gasteiger partial charge in [-0.1, -0.05) is 0 Å². The summed E-state index contributed by atoms with van der Waals surface area (Å²) in [5.74, 6) is 0. The number of aliphatic hydroxyl groups excluding tert-OH is 1. The van der Waals surface area contributed by atoms with Gasteiger partial charge in [-0.15, -0.1) is 0 Å². The summed E-state index contributed by atoms with van der Waals surface area (Å²) in [6.07, 6.45) is 0. The summed E-state index contributed by atoms with van der Waals surface area (Å²) in [5.41, 5.74) is 0. The molecule has 0 radical (unpaired) electrons. The Balaban J connectivity index is 3.15. The maximum atomic E-state index is 8.33. The largest absolute Gasteiger partial charge is 0.419 e. The van der Waals surface area contributed by atoms with E-state index in [1.807, 2.05) is 0 Å². The first-order valence-corrected chi connectivity index (χ1v) is 4.08. The minimum Gasteiger partial charge on any atom is -0.399 e. The molecule has 0 bridgehead atoms. The van der Waals surface area contributed by atoms with Gasteiger partial charge in [0.1, 0.15) is 0 Å². The van der Waals surface area contributed by atoms with Gasteiger partial charge in [-0.25, -0.2) is 0 Å². The molecule has 0 saturated carbocycles. The summed E-state index contributed by atoms with van der Waals surface area (Å²) in [4.78, 5) is 16.7. The molecule has 44 valence electrons. The Morgan fingerprint density at radius 1 is 1.43 bits per heavy atom. The number of hydrogen-bond acceptors (Lipinski definition) is 4. The number of hydrogen-bond donors (Lipinski definition) is 4. The summed E-state index contributed by atoms with van der Waals surface area (Å²) in [6.45, 7) is -0.254. The molecular formula is C2H9NO3Si. The maximum absolute atomic E-state index is 8.33. The third kappa shape index (κ3) is 6.06. The molecule has 0 unspecified atom stereocenters. The summed E-state index contributed by atoms with van der Waals surface area (Å²) >= 11 is 0. The smallest absolute Gasteiger partial charge is 0.399 e. The first-order valence-electron chi connectivity index (χ1n) is 1.91. The van der Waals surface area contributed by atoms with Crippen molar-refractivity contribution < 1.29 is 14.7 Å². The van der Waals surface area contributed by atoms with Gasteiger partial charge in [0, 0.05) is 12.7 Å². The predicted molar refractivity (Wildman–Crippen MR) is 26.3 cm³/mol. The molecule has 5 heteroatoms. The lowest BCUT2D eigenvalue weighted by atomic mass is 10.9. The predicted octanol–water partition coefficient (Wildman–Crippen LogP) is -2.14. The Kier molecular flexibility index (Phi) is 2.41. The van der Waals surface area contributed by atoms with E-state index < -0.39 is 8.72 Å². The molecule has 0 heterocycles. The van der Waals surface area contributed by atoms with Gasteiger partial charge in [0.15, 0.2) is 0 Å². The molecule has 5 N–H and O–H groups in total. The summed E-state index contributed by atoms with van der Waals surface area (Å²) in [7, 11) is -3.41. The van der Waals surface area contributed by atoms with Crippen molar-refractivity contribution in [3.05, 3.63) is 0 Å². The van der Waals surface area contributed by atoms with Crippen LogP contribution in [0, 0.1) is 0 Å². The van der Waals surface area contributed by atoms with Crippen LogP contribution in [0.2, 0.25) is 6.04 Å². The molecule has 0 atom stereocenters. The van der Waals surface area contributed by atoms with Crippen molar-refractivity contribution in [1.29, 1.82) is 0 Å². The Morgan fingerprint density at radius 3 is 1.86 bits per heavy atom. The lowest BCUT2D eigenvalue weighted by Gasteiger charge is -2.06. The third-order valence-corrected chi connectivity index (χ3v) is 1.44. The Morgan fingerprint density at radius 2 is 1.86 bits per heavy atom. The van der Waals surface area contributed by atoms with Crippen LogP contribution >= 0.6 is 0 Å². The van der Waals surface area contributed by atoms with E-state index in [9.17, 15) is 0 Å². The molecule has 0 saturated heterocycles. The number of aliphatic hydroxyl groups is 1. The molecule has 0 aromatic carbocycles. The normalized spacial score (nSPS) is 12.0. The monoisotopic (exact) mass is 123 g/mol. The first kappa shape index (κ1) is 7.06. The second-order valence-electron chi connectivity index (χ2n) is 1.35. The van der Waals surface area contributed by atoms with Crippen LogP contribution in [0.1, 0.15) is 0 Å². The van der Waals surface area contributed by atoms with E-state index in [1.54, 1.807) is 0 Å². The Labute approximate surface area is 42.5 Å². The zero-order valence-electron chi connectivity index (χ0n) is 3.83. The number of nitrogens with two attached hydrogens (primary N) is 1. The standard InChI is InChI=1S/C2H9NO3Si/c3-7(5,6)2-1-4/h4-6H,1-3H2. The summed E-state index contributed by atoms with van der Waals surface area (Å²) < 4.78 is 0. The van der Waals surface area contributed by atoms with E-state index in [4.69, 9.17) is 20.1 Å². The van der Waals surface area contributed by atoms with Crippen LogP contribution in [0.5, 0.6) is 0 Å². The van der Waals surface area contributed by atoms with Crippen LogP contribution in [-0.2, 0) is 0 Å². The first-order chi connectivity index (χ1) is 3.06. The zero-order chi connectivity index (χ0) is 5.91. The fourth-order valence-electron chi connectivity index (χ4n) is 0.165. The second kappa shape index (κ2) is 2.39. The average Bonchev–Trinajstić information content (AvgIpc) is 1.30. The van der Waals surface area contributed by atoms with Crippen molar-refractivity contribution in [3.63, 3.8) is 0 Å². The molecule has 0 aliphatic carbocycles. The van der Waals surface area contributed by atoms with E-state index in [1.165, 1.54) is 0 Å². The van der Waals surface area contributed by atoms with Gasteiger partial charge in [-0.05, 0) is 0 Å². The lowest BCUT2D eigenvalue weighted by molar-refractivity contribution is 0.285. The van der Waals surface area contributed by atoms with Crippen molar-refractivity contribution in [3.8, 4) is 0 Å². The Hall–Kier alpha value is 0.0569. The van der Waals surface area contributed by atoms with Crippen molar-refractivity contribution in [2.45, 2.75) is 6.04 Å². The summed E-state index contributed by atoms with van der Waals surface area (Å²) in [5, 5.41) is 12.8. The minimum absolute atomic E-state index is 0.0764. The van der Waals surface area contributed by atoms with Gasteiger partial charge in [-0.3, -0.25) is 0 Å². The fraction of sp³-hybridized carbons (Fsp3) is 1.00.